The molecule has 6 nitrogen and oxygen atoms in total. The first-order chi connectivity index (χ1) is 17.8. The van der Waals surface area contributed by atoms with Crippen molar-refractivity contribution in [1.82, 2.24) is 10.2 Å². The number of benzene rings is 2. The molecule has 0 aromatic heterocycles. The third-order valence-corrected chi connectivity index (χ3v) is 5.53. The van der Waals surface area contributed by atoms with Crippen LogP contribution in [0.25, 0.3) is 0 Å². The second-order valence-electron chi connectivity index (χ2n) is 9.77. The van der Waals surface area contributed by atoms with Gasteiger partial charge in [0.25, 0.3) is 0 Å². The van der Waals surface area contributed by atoms with Gasteiger partial charge in [0.2, 0.25) is 5.91 Å². The molecule has 2 aromatic rings. The molecule has 0 bridgehead atoms. The minimum Gasteiger partial charge on any atom is -0.454 e. The molecular formula is C25H24F8N2O4. The number of nitrogens with one attached hydrogen (secondary N) is 1. The van der Waals surface area contributed by atoms with Gasteiger partial charge in [-0.1, -0.05) is 0 Å². The number of carbonyl (C=O) groups is 2. The summed E-state index contributed by atoms with van der Waals surface area (Å²) in [5.41, 5.74) is -4.57. The predicted octanol–water partition coefficient (Wildman–Crippen LogP) is 6.81. The van der Waals surface area contributed by atoms with Gasteiger partial charge in [-0.2, -0.15) is 26.3 Å². The monoisotopic (exact) mass is 568 g/mol. The van der Waals surface area contributed by atoms with E-state index in [-0.39, 0.29) is 30.3 Å². The fourth-order valence-electron chi connectivity index (χ4n) is 3.77. The average molecular weight is 568 g/mol. The Morgan fingerprint density at radius 1 is 0.923 bits per heavy atom. The lowest BCUT2D eigenvalue weighted by Gasteiger charge is -2.28. The Hall–Kier alpha value is -3.58. The molecule has 1 aliphatic heterocycles. The highest BCUT2D eigenvalue weighted by molar-refractivity contribution is 5.86. The molecule has 2 amide bonds. The quantitative estimate of drug-likeness (QED) is 0.403. The first kappa shape index (κ1) is 30.0. The van der Waals surface area contributed by atoms with Crippen LogP contribution in [-0.4, -0.2) is 35.1 Å². The number of amides is 2. The van der Waals surface area contributed by atoms with Crippen LogP contribution in [0.5, 0.6) is 11.5 Å². The smallest absolute Gasteiger partial charge is 0.416 e. The highest BCUT2D eigenvalue weighted by Crippen LogP contribution is 2.39. The highest BCUT2D eigenvalue weighted by atomic mass is 19.4. The molecule has 0 radical (unpaired) electrons. The van der Waals surface area contributed by atoms with Crippen LogP contribution in [0.1, 0.15) is 50.3 Å². The Kier molecular flexibility index (Phi) is 8.37. The van der Waals surface area contributed by atoms with E-state index in [1.165, 1.54) is 4.90 Å². The average Bonchev–Trinajstić information content (AvgIpc) is 3.28. The molecule has 3 rings (SSSR count). The Bertz CT molecular complexity index is 1210. The standard InChI is InChI=1S/C25H24F8N2O4/c1-23(2,3)39-22(37)35-6-4-5-19(35)21(36)34-12-13-7-18(27)20(11-17(13)26)38-16-9-14(24(28,29)30)8-15(10-16)25(31,32)33/h7-11,19H,4-6,12H2,1-3H3,(H,34,36)/t19-/m0/s1. The summed E-state index contributed by atoms with van der Waals surface area (Å²) in [6.45, 7) is 4.70. The zero-order valence-corrected chi connectivity index (χ0v) is 20.9. The normalized spacial score (nSPS) is 16.3. The van der Waals surface area contributed by atoms with Gasteiger partial charge in [0.1, 0.15) is 23.2 Å². The zero-order valence-electron chi connectivity index (χ0n) is 20.9. The van der Waals surface area contributed by atoms with Crippen molar-refractivity contribution >= 4 is 12.0 Å². The molecule has 1 heterocycles. The van der Waals surface area contributed by atoms with Gasteiger partial charge in [-0.3, -0.25) is 9.69 Å². The Morgan fingerprint density at radius 3 is 2.05 bits per heavy atom. The van der Waals surface area contributed by atoms with Gasteiger partial charge >= 0.3 is 18.4 Å². The number of nitrogens with zero attached hydrogens (tertiary/aromatic N) is 1. The minimum absolute atomic E-state index is 0.135. The van der Waals surface area contributed by atoms with Crippen LogP contribution in [0.3, 0.4) is 0 Å². The van der Waals surface area contributed by atoms with Gasteiger partial charge in [-0.25, -0.2) is 13.6 Å². The fourth-order valence-corrected chi connectivity index (χ4v) is 3.77. The van der Waals surface area contributed by atoms with E-state index in [9.17, 15) is 44.7 Å². The summed E-state index contributed by atoms with van der Waals surface area (Å²) in [5.74, 6) is -5.09. The lowest BCUT2D eigenvalue weighted by Crippen LogP contribution is -2.47. The van der Waals surface area contributed by atoms with E-state index in [1.807, 2.05) is 0 Å². The maximum absolute atomic E-state index is 14.6. The maximum atomic E-state index is 14.6. The number of hydrogen-bond donors (Lipinski definition) is 1. The van der Waals surface area contributed by atoms with Gasteiger partial charge in [0.05, 0.1) is 11.1 Å². The topological polar surface area (TPSA) is 67.9 Å². The van der Waals surface area contributed by atoms with Crippen molar-refractivity contribution in [2.24, 2.45) is 0 Å². The molecule has 14 heteroatoms. The van der Waals surface area contributed by atoms with E-state index < -0.39 is 76.8 Å². The summed E-state index contributed by atoms with van der Waals surface area (Å²) < 4.78 is 118. The molecule has 1 aliphatic rings. The van der Waals surface area contributed by atoms with Crippen molar-refractivity contribution in [3.63, 3.8) is 0 Å². The summed E-state index contributed by atoms with van der Waals surface area (Å²) in [6.07, 6.45) is -10.2. The van der Waals surface area contributed by atoms with E-state index in [0.29, 0.717) is 25.0 Å². The second kappa shape index (κ2) is 10.9. The lowest BCUT2D eigenvalue weighted by atomic mass is 10.1. The molecule has 0 aliphatic carbocycles. The Labute approximate surface area is 217 Å². The third-order valence-electron chi connectivity index (χ3n) is 5.53. The van der Waals surface area contributed by atoms with Crippen LogP contribution in [0.15, 0.2) is 30.3 Å². The van der Waals surface area contributed by atoms with E-state index in [1.54, 1.807) is 20.8 Å². The number of likely N-dealkylation sites (tertiary alicyclic amines) is 1. The summed E-state index contributed by atoms with van der Waals surface area (Å²) in [5, 5.41) is 2.39. The van der Waals surface area contributed by atoms with Crippen molar-refractivity contribution in [2.45, 2.75) is 64.2 Å². The van der Waals surface area contributed by atoms with Crippen LogP contribution in [0.4, 0.5) is 39.9 Å². The van der Waals surface area contributed by atoms with E-state index >= 15 is 0 Å². The molecule has 0 spiro atoms. The number of halogens is 8. The summed E-state index contributed by atoms with van der Waals surface area (Å²) in [4.78, 5) is 26.2. The van der Waals surface area contributed by atoms with Crippen molar-refractivity contribution in [3.8, 4) is 11.5 Å². The first-order valence-corrected chi connectivity index (χ1v) is 11.6. The molecule has 1 fully saturated rings. The van der Waals surface area contributed by atoms with E-state index in [2.05, 4.69) is 5.32 Å². The van der Waals surface area contributed by atoms with Crippen LogP contribution in [0, 0.1) is 11.6 Å². The maximum Gasteiger partial charge on any atom is 0.416 e. The second-order valence-corrected chi connectivity index (χ2v) is 9.77. The van der Waals surface area contributed by atoms with E-state index in [4.69, 9.17) is 9.47 Å². The number of ether oxygens (including phenoxy) is 2. The van der Waals surface area contributed by atoms with E-state index in [0.717, 1.165) is 0 Å². The van der Waals surface area contributed by atoms with Crippen LogP contribution in [0.2, 0.25) is 0 Å². The number of rotatable bonds is 5. The molecule has 0 unspecified atom stereocenters. The van der Waals surface area contributed by atoms with Crippen molar-refractivity contribution in [2.75, 3.05) is 6.54 Å². The van der Waals surface area contributed by atoms with Crippen LogP contribution >= 0.6 is 0 Å². The summed E-state index contributed by atoms with van der Waals surface area (Å²) in [7, 11) is 0. The molecule has 0 saturated carbocycles. The largest absolute Gasteiger partial charge is 0.454 e. The minimum atomic E-state index is -5.16. The van der Waals surface area contributed by atoms with Crippen molar-refractivity contribution in [1.29, 1.82) is 0 Å². The molecule has 1 saturated heterocycles. The van der Waals surface area contributed by atoms with Crippen molar-refractivity contribution < 1.29 is 54.2 Å². The van der Waals surface area contributed by atoms with Crippen LogP contribution < -0.4 is 10.1 Å². The molecule has 1 N–H and O–H groups in total. The molecule has 1 atom stereocenters. The summed E-state index contributed by atoms with van der Waals surface area (Å²) in [6, 6.07) is 0.428. The molecule has 214 valence electrons. The number of carbonyl (C=O) groups excluding carboxylic acids is 2. The predicted molar refractivity (Wildman–Crippen MR) is 121 cm³/mol. The van der Waals surface area contributed by atoms with Gasteiger partial charge in [-0.05, 0) is 57.9 Å². The van der Waals surface area contributed by atoms with Crippen molar-refractivity contribution in [3.05, 3.63) is 58.7 Å². The summed E-state index contributed by atoms with van der Waals surface area (Å²) >= 11 is 0. The highest BCUT2D eigenvalue weighted by Gasteiger charge is 2.38. The number of hydrogen-bond acceptors (Lipinski definition) is 4. The fraction of sp³-hybridized carbons (Fsp3) is 0.440. The Balaban J connectivity index is 1.75. The molecular weight excluding hydrogens is 544 g/mol. The lowest BCUT2D eigenvalue weighted by molar-refractivity contribution is -0.143. The van der Waals surface area contributed by atoms with Gasteiger partial charge in [0.15, 0.2) is 11.6 Å². The van der Waals surface area contributed by atoms with Gasteiger partial charge in [-0.15, -0.1) is 0 Å². The van der Waals surface area contributed by atoms with Gasteiger partial charge in [0, 0.05) is 24.7 Å². The third kappa shape index (κ3) is 7.73. The van der Waals surface area contributed by atoms with Gasteiger partial charge < -0.3 is 14.8 Å². The number of alkyl halides is 6. The molecule has 39 heavy (non-hydrogen) atoms. The molecule has 2 aromatic carbocycles. The Morgan fingerprint density at radius 2 is 1.51 bits per heavy atom. The SMILES string of the molecule is CC(C)(C)OC(=O)N1CCC[C@H]1C(=O)NCc1cc(F)c(Oc2cc(C(F)(F)F)cc(C(F)(F)F)c2)cc1F. The van der Waals surface area contributed by atoms with Crippen LogP contribution in [-0.2, 0) is 28.4 Å². The first-order valence-electron chi connectivity index (χ1n) is 11.6. The zero-order chi connectivity index (χ0) is 29.3.